The van der Waals surface area contributed by atoms with Gasteiger partial charge in [0, 0.05) is 30.8 Å². The average Bonchev–Trinajstić information content (AvgIpc) is 2.77. The fourth-order valence-electron chi connectivity index (χ4n) is 3.49. The third-order valence-electron chi connectivity index (χ3n) is 4.50. The van der Waals surface area contributed by atoms with Crippen molar-refractivity contribution >= 4 is 11.6 Å². The first-order valence-electron chi connectivity index (χ1n) is 7.01. The third kappa shape index (κ3) is 2.00. The van der Waals surface area contributed by atoms with Crippen LogP contribution in [0.25, 0.3) is 0 Å². The molecule has 1 heterocycles. The Morgan fingerprint density at radius 2 is 2.11 bits per heavy atom. The highest BCUT2D eigenvalue weighted by Crippen LogP contribution is 2.35. The van der Waals surface area contributed by atoms with Gasteiger partial charge in [-0.25, -0.2) is 0 Å². The molecule has 102 valence electrons. The van der Waals surface area contributed by atoms with E-state index in [4.69, 9.17) is 5.73 Å². The topological polar surface area (TPSA) is 66.6 Å². The highest BCUT2D eigenvalue weighted by atomic mass is 16.3. The van der Waals surface area contributed by atoms with Crippen molar-refractivity contribution in [2.45, 2.75) is 38.3 Å². The molecule has 0 bridgehead atoms. The minimum absolute atomic E-state index is 0.0402. The number of hydrogen-bond donors (Lipinski definition) is 2. The van der Waals surface area contributed by atoms with Gasteiger partial charge in [0.2, 0.25) is 0 Å². The molecule has 4 heteroatoms. The van der Waals surface area contributed by atoms with E-state index >= 15 is 0 Å². The summed E-state index contributed by atoms with van der Waals surface area (Å²) in [7, 11) is 0. The van der Waals surface area contributed by atoms with Crippen molar-refractivity contribution in [3.8, 4) is 0 Å². The first-order chi connectivity index (χ1) is 9.22. The van der Waals surface area contributed by atoms with Gasteiger partial charge in [-0.1, -0.05) is 25.0 Å². The maximum Gasteiger partial charge on any atom is 0.256 e. The molecular formula is C15H20N2O2. The standard InChI is InChI=1S/C15H20N2O2/c16-12-6-3-5-10-8-17(15(19)14(10)12)13-7-2-1-4-11(13)9-18/h3,5-6,11,13,18H,1-2,4,7-9,16H2/t11-,13+/m1/s1. The number of amides is 1. The molecule has 2 aliphatic rings. The van der Waals surface area contributed by atoms with E-state index in [2.05, 4.69) is 0 Å². The molecule has 3 rings (SSSR count). The first-order valence-corrected chi connectivity index (χ1v) is 7.01. The quantitative estimate of drug-likeness (QED) is 0.796. The second-order valence-electron chi connectivity index (χ2n) is 5.61. The summed E-state index contributed by atoms with van der Waals surface area (Å²) < 4.78 is 0. The Labute approximate surface area is 113 Å². The minimum Gasteiger partial charge on any atom is -0.398 e. The molecule has 2 atom stereocenters. The molecule has 1 aromatic rings. The van der Waals surface area contributed by atoms with Crippen molar-refractivity contribution < 1.29 is 9.90 Å². The van der Waals surface area contributed by atoms with Crippen LogP contribution in [0.2, 0.25) is 0 Å². The number of hydrogen-bond acceptors (Lipinski definition) is 3. The van der Waals surface area contributed by atoms with Gasteiger partial charge < -0.3 is 15.7 Å². The highest BCUT2D eigenvalue weighted by Gasteiger charge is 2.38. The van der Waals surface area contributed by atoms with Crippen LogP contribution >= 0.6 is 0 Å². The number of carbonyl (C=O) groups is 1. The predicted octanol–water partition coefficient (Wildman–Crippen LogP) is 1.78. The van der Waals surface area contributed by atoms with E-state index in [0.29, 0.717) is 17.8 Å². The number of benzene rings is 1. The van der Waals surface area contributed by atoms with Gasteiger partial charge in [-0.2, -0.15) is 0 Å². The van der Waals surface area contributed by atoms with Crippen molar-refractivity contribution in [1.82, 2.24) is 4.90 Å². The maximum atomic E-state index is 12.5. The van der Waals surface area contributed by atoms with Gasteiger partial charge >= 0.3 is 0 Å². The molecular weight excluding hydrogens is 240 g/mol. The molecule has 0 unspecified atom stereocenters. The van der Waals surface area contributed by atoms with Gasteiger partial charge in [-0.15, -0.1) is 0 Å². The van der Waals surface area contributed by atoms with E-state index < -0.39 is 0 Å². The van der Waals surface area contributed by atoms with Gasteiger partial charge in [0.1, 0.15) is 0 Å². The van der Waals surface area contributed by atoms with Gasteiger partial charge in [-0.05, 0) is 24.5 Å². The van der Waals surface area contributed by atoms with Crippen molar-refractivity contribution in [1.29, 1.82) is 0 Å². The van der Waals surface area contributed by atoms with Crippen LogP contribution in [-0.4, -0.2) is 28.6 Å². The molecule has 1 aliphatic heterocycles. The summed E-state index contributed by atoms with van der Waals surface area (Å²) in [4.78, 5) is 14.5. The zero-order valence-corrected chi connectivity index (χ0v) is 11.0. The third-order valence-corrected chi connectivity index (χ3v) is 4.50. The summed E-state index contributed by atoms with van der Waals surface area (Å²) in [6, 6.07) is 5.82. The summed E-state index contributed by atoms with van der Waals surface area (Å²) in [6.45, 7) is 0.806. The normalized spacial score (nSPS) is 26.6. The smallest absolute Gasteiger partial charge is 0.256 e. The van der Waals surface area contributed by atoms with E-state index in [9.17, 15) is 9.90 Å². The fourth-order valence-corrected chi connectivity index (χ4v) is 3.49. The Bertz CT molecular complexity index is 501. The number of rotatable bonds is 2. The Kier molecular flexibility index (Phi) is 3.19. The summed E-state index contributed by atoms with van der Waals surface area (Å²) in [5.41, 5.74) is 8.19. The summed E-state index contributed by atoms with van der Waals surface area (Å²) >= 11 is 0. The first kappa shape index (κ1) is 12.5. The van der Waals surface area contributed by atoms with E-state index in [1.54, 1.807) is 6.07 Å². The number of carbonyl (C=O) groups excluding carboxylic acids is 1. The van der Waals surface area contributed by atoms with Crippen LogP contribution in [0, 0.1) is 5.92 Å². The largest absolute Gasteiger partial charge is 0.398 e. The van der Waals surface area contributed by atoms with Gasteiger partial charge in [0.15, 0.2) is 0 Å². The summed E-state index contributed by atoms with van der Waals surface area (Å²) in [6.07, 6.45) is 4.29. The molecule has 1 amide bonds. The molecule has 1 fully saturated rings. The zero-order valence-electron chi connectivity index (χ0n) is 11.0. The van der Waals surface area contributed by atoms with Gasteiger partial charge in [0.05, 0.1) is 5.56 Å². The number of nitrogen functional groups attached to an aromatic ring is 1. The number of nitrogens with two attached hydrogens (primary N) is 1. The Hall–Kier alpha value is -1.55. The van der Waals surface area contributed by atoms with Crippen molar-refractivity contribution in [2.24, 2.45) is 5.92 Å². The predicted molar refractivity (Wildman–Crippen MR) is 73.6 cm³/mol. The minimum atomic E-state index is 0.0402. The molecule has 0 spiro atoms. The molecule has 4 nitrogen and oxygen atoms in total. The number of anilines is 1. The number of fused-ring (bicyclic) bond motifs is 1. The molecule has 0 radical (unpaired) electrons. The van der Waals surface area contributed by atoms with Crippen LogP contribution in [0.3, 0.4) is 0 Å². The monoisotopic (exact) mass is 260 g/mol. The molecule has 3 N–H and O–H groups in total. The van der Waals surface area contributed by atoms with E-state index in [0.717, 1.165) is 31.2 Å². The lowest BCUT2D eigenvalue weighted by Gasteiger charge is -2.37. The van der Waals surface area contributed by atoms with Crippen LogP contribution in [0.5, 0.6) is 0 Å². The molecule has 19 heavy (non-hydrogen) atoms. The molecule has 1 aliphatic carbocycles. The summed E-state index contributed by atoms with van der Waals surface area (Å²) in [5, 5.41) is 9.52. The van der Waals surface area contributed by atoms with Crippen molar-refractivity contribution in [2.75, 3.05) is 12.3 Å². The number of aliphatic hydroxyl groups excluding tert-OH is 1. The van der Waals surface area contributed by atoms with E-state index in [1.807, 2.05) is 17.0 Å². The molecule has 1 saturated carbocycles. The summed E-state index contributed by atoms with van der Waals surface area (Å²) in [5.74, 6) is 0.256. The maximum absolute atomic E-state index is 12.5. The van der Waals surface area contributed by atoms with Crippen molar-refractivity contribution in [3.63, 3.8) is 0 Å². The second-order valence-corrected chi connectivity index (χ2v) is 5.61. The van der Waals surface area contributed by atoms with Gasteiger partial charge in [0.25, 0.3) is 5.91 Å². The number of aliphatic hydroxyl groups is 1. The van der Waals surface area contributed by atoms with E-state index in [1.165, 1.54) is 0 Å². The van der Waals surface area contributed by atoms with Crippen LogP contribution in [0.15, 0.2) is 18.2 Å². The Morgan fingerprint density at radius 1 is 1.32 bits per heavy atom. The molecule has 1 aromatic carbocycles. The second kappa shape index (κ2) is 4.85. The molecule has 0 aromatic heterocycles. The highest BCUT2D eigenvalue weighted by molar-refractivity contribution is 6.03. The SMILES string of the molecule is Nc1cccc2c1C(=O)N([C@H]1CCCC[C@@H]1CO)C2. The lowest BCUT2D eigenvalue weighted by molar-refractivity contribution is 0.0454. The molecule has 0 saturated heterocycles. The van der Waals surface area contributed by atoms with Crippen molar-refractivity contribution in [3.05, 3.63) is 29.3 Å². The van der Waals surface area contributed by atoms with Gasteiger partial charge in [-0.3, -0.25) is 4.79 Å². The average molecular weight is 260 g/mol. The van der Waals surface area contributed by atoms with Crippen LogP contribution < -0.4 is 5.73 Å². The lowest BCUT2D eigenvalue weighted by Crippen LogP contribution is -2.44. The van der Waals surface area contributed by atoms with E-state index in [-0.39, 0.29) is 24.5 Å². The number of nitrogens with zero attached hydrogens (tertiary/aromatic N) is 1. The fraction of sp³-hybridized carbons (Fsp3) is 0.533. The Morgan fingerprint density at radius 3 is 2.84 bits per heavy atom. The van der Waals surface area contributed by atoms with Crippen LogP contribution in [0.4, 0.5) is 5.69 Å². The zero-order chi connectivity index (χ0) is 13.4. The lowest BCUT2D eigenvalue weighted by atomic mass is 9.84. The Balaban J connectivity index is 1.89. The van der Waals surface area contributed by atoms with Crippen LogP contribution in [0.1, 0.15) is 41.6 Å². The van der Waals surface area contributed by atoms with Crippen LogP contribution in [-0.2, 0) is 6.54 Å².